The van der Waals surface area contributed by atoms with Crippen LogP contribution in [0, 0.1) is 0 Å². The van der Waals surface area contributed by atoms with Gasteiger partial charge in [0.15, 0.2) is 0 Å². The Hall–Kier alpha value is -2.29. The Morgan fingerprint density at radius 2 is 1.95 bits per heavy atom. The summed E-state index contributed by atoms with van der Waals surface area (Å²) in [7, 11) is 3.47. The van der Waals surface area contributed by atoms with E-state index < -0.39 is 0 Å². The molecule has 104 valence electrons. The second-order valence-electron chi connectivity index (χ2n) is 4.70. The summed E-state index contributed by atoms with van der Waals surface area (Å²) in [5.41, 5.74) is 0.945. The fraction of sp³-hybridized carbons (Fsp3) is 0.235. The van der Waals surface area contributed by atoms with E-state index in [2.05, 4.69) is 6.07 Å². The van der Waals surface area contributed by atoms with Gasteiger partial charge in [-0.2, -0.15) is 0 Å². The molecule has 0 saturated carbocycles. The molecule has 2 aromatic rings. The minimum absolute atomic E-state index is 0.0413. The summed E-state index contributed by atoms with van der Waals surface area (Å²) in [6.45, 7) is 2.55. The maximum Gasteiger partial charge on any atom is 0.246 e. The third kappa shape index (κ3) is 2.99. The van der Waals surface area contributed by atoms with Crippen molar-refractivity contribution in [3.63, 3.8) is 0 Å². The maximum absolute atomic E-state index is 11.7. The van der Waals surface area contributed by atoms with Gasteiger partial charge in [0.1, 0.15) is 5.75 Å². The Balaban J connectivity index is 2.52. The fourth-order valence-corrected chi connectivity index (χ4v) is 2.03. The van der Waals surface area contributed by atoms with E-state index in [0.29, 0.717) is 6.61 Å². The molecule has 0 heterocycles. The van der Waals surface area contributed by atoms with Crippen LogP contribution in [0.1, 0.15) is 12.5 Å². The number of carbonyl (C=O) groups is 1. The monoisotopic (exact) mass is 269 g/mol. The molecule has 3 heteroatoms. The largest absolute Gasteiger partial charge is 0.493 e. The molecular formula is C17H19NO2. The molecule has 3 nitrogen and oxygen atoms in total. The van der Waals surface area contributed by atoms with Gasteiger partial charge in [-0.25, -0.2) is 0 Å². The lowest BCUT2D eigenvalue weighted by Gasteiger charge is -2.11. The molecule has 0 radical (unpaired) electrons. The van der Waals surface area contributed by atoms with Crippen LogP contribution in [0.5, 0.6) is 5.75 Å². The summed E-state index contributed by atoms with van der Waals surface area (Å²) in [6.07, 6.45) is 3.40. The van der Waals surface area contributed by atoms with Crippen molar-refractivity contribution in [3.05, 3.63) is 48.0 Å². The first-order chi connectivity index (χ1) is 9.63. The minimum Gasteiger partial charge on any atom is -0.493 e. The molecule has 0 aromatic heterocycles. The Bertz CT molecular complexity index is 644. The number of ether oxygens (including phenoxy) is 1. The van der Waals surface area contributed by atoms with Crippen molar-refractivity contribution in [2.24, 2.45) is 0 Å². The number of hydrogen-bond acceptors (Lipinski definition) is 2. The molecule has 0 aliphatic carbocycles. The van der Waals surface area contributed by atoms with Crippen molar-refractivity contribution in [2.45, 2.75) is 6.92 Å². The molecule has 0 bridgehead atoms. The molecule has 0 fully saturated rings. The lowest BCUT2D eigenvalue weighted by Crippen LogP contribution is -2.18. The molecule has 2 rings (SSSR count). The highest BCUT2D eigenvalue weighted by Gasteiger charge is 2.07. The van der Waals surface area contributed by atoms with Crippen LogP contribution in [0.2, 0.25) is 0 Å². The van der Waals surface area contributed by atoms with Crippen LogP contribution in [0.4, 0.5) is 0 Å². The van der Waals surface area contributed by atoms with Crippen molar-refractivity contribution >= 4 is 22.8 Å². The van der Waals surface area contributed by atoms with Crippen LogP contribution in [0.25, 0.3) is 16.8 Å². The number of fused-ring (bicyclic) bond motifs is 1. The summed E-state index contributed by atoms with van der Waals surface area (Å²) in [4.78, 5) is 13.3. The van der Waals surface area contributed by atoms with Crippen LogP contribution in [-0.4, -0.2) is 31.5 Å². The van der Waals surface area contributed by atoms with Crippen molar-refractivity contribution in [2.75, 3.05) is 20.7 Å². The van der Waals surface area contributed by atoms with Gasteiger partial charge in [-0.15, -0.1) is 0 Å². The Kier molecular flexibility index (Phi) is 4.41. The molecule has 0 saturated heterocycles. The van der Waals surface area contributed by atoms with Gasteiger partial charge in [-0.1, -0.05) is 30.3 Å². The first-order valence-corrected chi connectivity index (χ1v) is 6.67. The predicted molar refractivity (Wildman–Crippen MR) is 82.8 cm³/mol. The van der Waals surface area contributed by atoms with Crippen LogP contribution < -0.4 is 4.74 Å². The number of amides is 1. The highest BCUT2D eigenvalue weighted by atomic mass is 16.5. The Morgan fingerprint density at radius 1 is 1.20 bits per heavy atom. The third-order valence-electron chi connectivity index (χ3n) is 3.06. The van der Waals surface area contributed by atoms with E-state index in [4.69, 9.17) is 4.74 Å². The predicted octanol–water partition coefficient (Wildman–Crippen LogP) is 3.34. The zero-order valence-corrected chi connectivity index (χ0v) is 12.1. The van der Waals surface area contributed by atoms with Gasteiger partial charge in [-0.3, -0.25) is 4.79 Å². The summed E-state index contributed by atoms with van der Waals surface area (Å²) in [5, 5.41) is 2.22. The SMILES string of the molecule is CCOc1ccc2ccccc2c1/C=C/C(=O)N(C)C. The van der Waals surface area contributed by atoms with E-state index in [1.54, 1.807) is 25.1 Å². The average Bonchev–Trinajstić information content (AvgIpc) is 2.45. The van der Waals surface area contributed by atoms with Gasteiger partial charge >= 0.3 is 0 Å². The molecule has 0 spiro atoms. The van der Waals surface area contributed by atoms with Crippen LogP contribution >= 0.6 is 0 Å². The van der Waals surface area contributed by atoms with E-state index in [9.17, 15) is 4.79 Å². The number of carbonyl (C=O) groups excluding carboxylic acids is 1. The fourth-order valence-electron chi connectivity index (χ4n) is 2.03. The summed E-state index contributed by atoms with van der Waals surface area (Å²) >= 11 is 0. The van der Waals surface area contributed by atoms with Crippen LogP contribution in [0.15, 0.2) is 42.5 Å². The topological polar surface area (TPSA) is 29.5 Å². The van der Waals surface area contributed by atoms with Crippen molar-refractivity contribution in [3.8, 4) is 5.75 Å². The van der Waals surface area contributed by atoms with Crippen LogP contribution in [-0.2, 0) is 4.79 Å². The first-order valence-electron chi connectivity index (χ1n) is 6.67. The van der Waals surface area contributed by atoms with Crippen molar-refractivity contribution < 1.29 is 9.53 Å². The number of hydrogen-bond donors (Lipinski definition) is 0. The molecule has 0 atom stereocenters. The smallest absolute Gasteiger partial charge is 0.246 e. The van der Waals surface area contributed by atoms with Gasteiger partial charge < -0.3 is 9.64 Å². The van der Waals surface area contributed by atoms with Crippen molar-refractivity contribution in [1.82, 2.24) is 4.90 Å². The first kappa shape index (κ1) is 14.1. The molecule has 1 amide bonds. The standard InChI is InChI=1S/C17H19NO2/c1-4-20-16-11-9-13-7-5-6-8-14(13)15(16)10-12-17(19)18(2)3/h5-12H,4H2,1-3H3/b12-10+. The highest BCUT2D eigenvalue weighted by molar-refractivity contribution is 5.98. The molecule has 0 unspecified atom stereocenters. The van der Waals surface area contributed by atoms with E-state index in [0.717, 1.165) is 22.1 Å². The Morgan fingerprint density at radius 3 is 2.65 bits per heavy atom. The second-order valence-corrected chi connectivity index (χ2v) is 4.70. The highest BCUT2D eigenvalue weighted by Crippen LogP contribution is 2.29. The number of benzene rings is 2. The lowest BCUT2D eigenvalue weighted by molar-refractivity contribution is -0.123. The van der Waals surface area contributed by atoms with Gasteiger partial charge in [0, 0.05) is 25.7 Å². The number of nitrogens with zero attached hydrogens (tertiary/aromatic N) is 1. The molecule has 0 N–H and O–H groups in total. The van der Waals surface area contributed by atoms with Gasteiger partial charge in [0.2, 0.25) is 5.91 Å². The zero-order chi connectivity index (χ0) is 14.5. The van der Waals surface area contributed by atoms with Gasteiger partial charge in [-0.05, 0) is 29.8 Å². The Labute approximate surface area is 119 Å². The van der Waals surface area contributed by atoms with Crippen molar-refractivity contribution in [1.29, 1.82) is 0 Å². The molecular weight excluding hydrogens is 250 g/mol. The van der Waals surface area contributed by atoms with E-state index in [1.807, 2.05) is 43.3 Å². The number of likely N-dealkylation sites (N-methyl/N-ethyl adjacent to an activating group) is 1. The molecule has 0 aliphatic rings. The summed E-state index contributed by atoms with van der Waals surface area (Å²) < 4.78 is 5.66. The lowest BCUT2D eigenvalue weighted by atomic mass is 10.0. The van der Waals surface area contributed by atoms with Gasteiger partial charge in [0.05, 0.1) is 6.61 Å². The van der Waals surface area contributed by atoms with E-state index >= 15 is 0 Å². The maximum atomic E-state index is 11.7. The molecule has 20 heavy (non-hydrogen) atoms. The second kappa shape index (κ2) is 6.24. The van der Waals surface area contributed by atoms with Crippen LogP contribution in [0.3, 0.4) is 0 Å². The average molecular weight is 269 g/mol. The summed E-state index contributed by atoms with van der Waals surface area (Å²) in [6, 6.07) is 12.1. The van der Waals surface area contributed by atoms with E-state index in [1.165, 1.54) is 0 Å². The molecule has 2 aromatic carbocycles. The molecule has 0 aliphatic heterocycles. The summed E-state index contributed by atoms with van der Waals surface area (Å²) in [5.74, 6) is 0.759. The minimum atomic E-state index is -0.0413. The third-order valence-corrected chi connectivity index (χ3v) is 3.06. The zero-order valence-electron chi connectivity index (χ0n) is 12.1. The van der Waals surface area contributed by atoms with Gasteiger partial charge in [0.25, 0.3) is 0 Å². The quantitative estimate of drug-likeness (QED) is 0.797. The normalized spacial score (nSPS) is 10.9. The van der Waals surface area contributed by atoms with E-state index in [-0.39, 0.29) is 5.91 Å². The number of rotatable bonds is 4.